The predicted molar refractivity (Wildman–Crippen MR) is 68.4 cm³/mol. The van der Waals surface area contributed by atoms with Gasteiger partial charge in [-0.15, -0.1) is 0 Å². The molecule has 0 saturated carbocycles. The van der Waals surface area contributed by atoms with Gasteiger partial charge in [-0.1, -0.05) is 12.1 Å². The zero-order chi connectivity index (χ0) is 13.6. The number of halogens is 3. The molecule has 0 amide bonds. The van der Waals surface area contributed by atoms with Crippen LogP contribution in [0.5, 0.6) is 0 Å². The fourth-order valence-electron chi connectivity index (χ4n) is 1.12. The monoisotopic (exact) mass is 275 g/mol. The summed E-state index contributed by atoms with van der Waals surface area (Å²) in [5.74, 6) is 0. The minimum absolute atomic E-state index is 0.362. The molecule has 0 spiro atoms. The fraction of sp³-hybridized carbons (Fsp3) is 0.273. The number of benzene rings is 1. The Kier molecular flexibility index (Phi) is 5.08. The van der Waals surface area contributed by atoms with E-state index in [1.165, 1.54) is 18.3 Å². The molecule has 7 heteroatoms. The third-order valence-corrected chi connectivity index (χ3v) is 2.19. The predicted octanol–water partition coefficient (Wildman–Crippen LogP) is 2.52. The van der Waals surface area contributed by atoms with Crippen LogP contribution in [0.4, 0.5) is 13.2 Å². The number of nitrogens with one attached hydrogen (secondary N) is 2. The highest BCUT2D eigenvalue weighted by Gasteiger charge is 2.29. The van der Waals surface area contributed by atoms with Gasteiger partial charge in [0.15, 0.2) is 5.11 Å². The summed E-state index contributed by atoms with van der Waals surface area (Å²) in [5, 5.41) is 6.97. The minimum atomic E-state index is -4.32. The molecule has 0 heterocycles. The van der Waals surface area contributed by atoms with Crippen molar-refractivity contribution in [3.8, 4) is 0 Å². The summed E-state index contributed by atoms with van der Waals surface area (Å²) in [6, 6.07) is 4.68. The number of nitrogens with zero attached hydrogens (tertiary/aromatic N) is 1. The number of thiocarbonyl (C=S) groups is 1. The lowest BCUT2D eigenvalue weighted by molar-refractivity contribution is -0.137. The van der Waals surface area contributed by atoms with Crippen LogP contribution in [0.25, 0.3) is 0 Å². The normalized spacial score (nSPS) is 11.6. The lowest BCUT2D eigenvalue weighted by atomic mass is 10.1. The summed E-state index contributed by atoms with van der Waals surface area (Å²) in [5.41, 5.74) is 2.41. The molecule has 2 N–H and O–H groups in total. The van der Waals surface area contributed by atoms with Gasteiger partial charge in [0.05, 0.1) is 11.8 Å². The molecule has 0 saturated heterocycles. The zero-order valence-corrected chi connectivity index (χ0v) is 10.4. The van der Waals surface area contributed by atoms with Crippen molar-refractivity contribution >= 4 is 23.5 Å². The van der Waals surface area contributed by atoms with E-state index >= 15 is 0 Å². The zero-order valence-electron chi connectivity index (χ0n) is 9.58. The van der Waals surface area contributed by atoms with Crippen molar-refractivity contribution in [1.82, 2.24) is 10.7 Å². The van der Waals surface area contributed by atoms with Gasteiger partial charge in [-0.05, 0) is 36.8 Å². The van der Waals surface area contributed by atoms with Crippen LogP contribution in [0, 0.1) is 0 Å². The SMILES string of the molecule is CCNC(=S)NN=Cc1ccc(C(F)(F)F)cc1. The Balaban J connectivity index is 2.59. The van der Waals surface area contributed by atoms with Gasteiger partial charge in [-0.2, -0.15) is 18.3 Å². The maximum absolute atomic E-state index is 12.3. The van der Waals surface area contributed by atoms with Crippen molar-refractivity contribution in [2.24, 2.45) is 5.10 Å². The Morgan fingerprint density at radius 1 is 1.33 bits per heavy atom. The minimum Gasteiger partial charge on any atom is -0.362 e. The van der Waals surface area contributed by atoms with Crippen LogP contribution in [0.3, 0.4) is 0 Å². The van der Waals surface area contributed by atoms with Gasteiger partial charge in [-0.3, -0.25) is 5.43 Å². The van der Waals surface area contributed by atoms with E-state index in [9.17, 15) is 13.2 Å². The summed E-state index contributed by atoms with van der Waals surface area (Å²) >= 11 is 4.85. The van der Waals surface area contributed by atoms with E-state index in [-0.39, 0.29) is 0 Å². The number of hydrogen-bond donors (Lipinski definition) is 2. The number of hydrazone groups is 1. The molecule has 0 unspecified atom stereocenters. The molecule has 0 aromatic heterocycles. The number of hydrogen-bond acceptors (Lipinski definition) is 2. The van der Waals surface area contributed by atoms with Gasteiger partial charge in [0.25, 0.3) is 0 Å². The maximum atomic E-state index is 12.3. The molecule has 0 aliphatic carbocycles. The fourth-order valence-corrected chi connectivity index (χ4v) is 1.32. The summed E-state index contributed by atoms with van der Waals surface area (Å²) in [4.78, 5) is 0. The van der Waals surface area contributed by atoms with Crippen molar-refractivity contribution in [1.29, 1.82) is 0 Å². The third kappa shape index (κ3) is 4.70. The standard InChI is InChI=1S/C11H12F3N3S/c1-2-15-10(18)17-16-7-8-3-5-9(6-4-8)11(12,13)14/h3-7H,2H2,1H3,(H2,15,17,18). The first-order valence-electron chi connectivity index (χ1n) is 5.17. The quantitative estimate of drug-likeness (QED) is 0.505. The second kappa shape index (κ2) is 6.34. The Morgan fingerprint density at radius 2 is 1.94 bits per heavy atom. The summed E-state index contributed by atoms with van der Waals surface area (Å²) in [7, 11) is 0. The van der Waals surface area contributed by atoms with Gasteiger partial charge in [0.2, 0.25) is 0 Å². The maximum Gasteiger partial charge on any atom is 0.416 e. The highest BCUT2D eigenvalue weighted by Crippen LogP contribution is 2.28. The highest BCUT2D eigenvalue weighted by atomic mass is 32.1. The van der Waals surface area contributed by atoms with Crippen LogP contribution in [0.2, 0.25) is 0 Å². The Labute approximate surface area is 108 Å². The number of rotatable bonds is 3. The van der Waals surface area contributed by atoms with Gasteiger partial charge in [0.1, 0.15) is 0 Å². The Hall–Kier alpha value is -1.63. The van der Waals surface area contributed by atoms with Crippen LogP contribution < -0.4 is 10.7 Å². The van der Waals surface area contributed by atoms with Gasteiger partial charge >= 0.3 is 6.18 Å². The van der Waals surface area contributed by atoms with Crippen LogP contribution in [0.1, 0.15) is 18.1 Å². The lowest BCUT2D eigenvalue weighted by Gasteiger charge is -2.06. The van der Waals surface area contributed by atoms with E-state index in [0.29, 0.717) is 17.2 Å². The average molecular weight is 275 g/mol. The van der Waals surface area contributed by atoms with Crippen molar-refractivity contribution in [3.05, 3.63) is 35.4 Å². The summed E-state index contributed by atoms with van der Waals surface area (Å²) in [6.45, 7) is 2.55. The van der Waals surface area contributed by atoms with Gasteiger partial charge in [-0.25, -0.2) is 0 Å². The topological polar surface area (TPSA) is 36.4 Å². The molecule has 0 aliphatic heterocycles. The number of alkyl halides is 3. The van der Waals surface area contributed by atoms with E-state index in [1.807, 2.05) is 6.92 Å². The van der Waals surface area contributed by atoms with Crippen molar-refractivity contribution in [2.45, 2.75) is 13.1 Å². The molecule has 0 fully saturated rings. The Morgan fingerprint density at radius 3 is 2.44 bits per heavy atom. The van der Waals surface area contributed by atoms with Crippen molar-refractivity contribution < 1.29 is 13.2 Å². The molecule has 0 aliphatic rings. The molecule has 1 aromatic rings. The summed E-state index contributed by atoms with van der Waals surface area (Å²) < 4.78 is 36.9. The Bertz CT molecular complexity index is 426. The first kappa shape index (κ1) is 14.4. The molecule has 3 nitrogen and oxygen atoms in total. The molecule has 18 heavy (non-hydrogen) atoms. The third-order valence-electron chi connectivity index (χ3n) is 1.96. The van der Waals surface area contributed by atoms with Crippen LogP contribution in [-0.2, 0) is 6.18 Å². The van der Waals surface area contributed by atoms with E-state index in [0.717, 1.165) is 12.1 Å². The molecule has 98 valence electrons. The van der Waals surface area contributed by atoms with Crippen LogP contribution in [-0.4, -0.2) is 17.9 Å². The van der Waals surface area contributed by atoms with Crippen molar-refractivity contribution in [2.75, 3.05) is 6.54 Å². The molecule has 0 atom stereocenters. The molecule has 0 bridgehead atoms. The van der Waals surface area contributed by atoms with Gasteiger partial charge < -0.3 is 5.32 Å². The molecule has 0 radical (unpaired) electrons. The molecular formula is C11H12F3N3S. The molecular weight excluding hydrogens is 263 g/mol. The second-order valence-electron chi connectivity index (χ2n) is 3.35. The molecule has 1 aromatic carbocycles. The van der Waals surface area contributed by atoms with Crippen LogP contribution in [0.15, 0.2) is 29.4 Å². The van der Waals surface area contributed by atoms with E-state index in [4.69, 9.17) is 12.2 Å². The first-order chi connectivity index (χ1) is 8.43. The van der Waals surface area contributed by atoms with E-state index in [2.05, 4.69) is 15.8 Å². The van der Waals surface area contributed by atoms with E-state index in [1.54, 1.807) is 0 Å². The molecule has 1 rings (SSSR count). The summed E-state index contributed by atoms with van der Waals surface area (Å²) in [6.07, 6.45) is -2.93. The average Bonchev–Trinajstić information content (AvgIpc) is 2.29. The second-order valence-corrected chi connectivity index (χ2v) is 3.76. The largest absolute Gasteiger partial charge is 0.416 e. The van der Waals surface area contributed by atoms with Gasteiger partial charge in [0, 0.05) is 6.54 Å². The first-order valence-corrected chi connectivity index (χ1v) is 5.58. The lowest BCUT2D eigenvalue weighted by Crippen LogP contribution is -2.31. The smallest absolute Gasteiger partial charge is 0.362 e. The highest BCUT2D eigenvalue weighted by molar-refractivity contribution is 7.80. The van der Waals surface area contributed by atoms with Crippen molar-refractivity contribution in [3.63, 3.8) is 0 Å². The van der Waals surface area contributed by atoms with Crippen LogP contribution >= 0.6 is 12.2 Å². The van der Waals surface area contributed by atoms with E-state index < -0.39 is 11.7 Å².